The molecule has 0 bridgehead atoms. The summed E-state index contributed by atoms with van der Waals surface area (Å²) in [7, 11) is 0. The van der Waals surface area contributed by atoms with E-state index in [1.165, 1.54) is 6.07 Å². The standard InChI is InChI=1S/C21H20ClFN4O/c22-18-13-24-27(15-18)14-16-5-7-17(8-6-16)21(28)26-11-9-25(10-12-26)20-4-2-1-3-19(20)23/h1-8,13,15H,9-12,14H2. The maximum absolute atomic E-state index is 14.0. The second-order valence-corrected chi connectivity index (χ2v) is 7.22. The van der Waals surface area contributed by atoms with Crippen LogP contribution in [0.2, 0.25) is 5.02 Å². The van der Waals surface area contributed by atoms with Crippen LogP contribution in [0.4, 0.5) is 10.1 Å². The quantitative estimate of drug-likeness (QED) is 0.673. The topological polar surface area (TPSA) is 41.4 Å². The van der Waals surface area contributed by atoms with Gasteiger partial charge in [0, 0.05) is 37.9 Å². The van der Waals surface area contributed by atoms with E-state index in [-0.39, 0.29) is 11.7 Å². The van der Waals surface area contributed by atoms with Crippen molar-refractivity contribution in [2.24, 2.45) is 0 Å². The molecule has 3 aromatic rings. The van der Waals surface area contributed by atoms with Crippen LogP contribution in [0.15, 0.2) is 60.9 Å². The molecule has 2 heterocycles. The van der Waals surface area contributed by atoms with Gasteiger partial charge in [-0.05, 0) is 29.8 Å². The van der Waals surface area contributed by atoms with E-state index < -0.39 is 0 Å². The highest BCUT2D eigenvalue weighted by atomic mass is 35.5. The number of aromatic nitrogens is 2. The average Bonchev–Trinajstić information content (AvgIpc) is 3.13. The number of hydrogen-bond acceptors (Lipinski definition) is 3. The molecule has 1 aliphatic rings. The third-order valence-electron chi connectivity index (χ3n) is 4.91. The lowest BCUT2D eigenvalue weighted by atomic mass is 10.1. The van der Waals surface area contributed by atoms with Crippen molar-refractivity contribution in [1.29, 1.82) is 0 Å². The van der Waals surface area contributed by atoms with Gasteiger partial charge in [0.1, 0.15) is 5.82 Å². The number of benzene rings is 2. The SMILES string of the molecule is O=C(c1ccc(Cn2cc(Cl)cn2)cc1)N1CCN(c2ccccc2F)CC1. The number of anilines is 1. The lowest BCUT2D eigenvalue weighted by Gasteiger charge is -2.36. The molecule has 0 unspecified atom stereocenters. The molecule has 5 nitrogen and oxygen atoms in total. The van der Waals surface area contributed by atoms with Crippen LogP contribution in [-0.2, 0) is 6.54 Å². The minimum Gasteiger partial charge on any atom is -0.366 e. The normalized spacial score (nSPS) is 14.4. The van der Waals surface area contributed by atoms with E-state index in [2.05, 4.69) is 5.10 Å². The zero-order valence-corrected chi connectivity index (χ0v) is 16.0. The van der Waals surface area contributed by atoms with Crippen LogP contribution in [0.3, 0.4) is 0 Å². The fraction of sp³-hybridized carbons (Fsp3) is 0.238. The van der Waals surface area contributed by atoms with Gasteiger partial charge in [-0.3, -0.25) is 9.48 Å². The van der Waals surface area contributed by atoms with Crippen molar-refractivity contribution in [1.82, 2.24) is 14.7 Å². The number of para-hydroxylation sites is 1. The highest BCUT2D eigenvalue weighted by Gasteiger charge is 2.23. The Morgan fingerprint density at radius 1 is 1.04 bits per heavy atom. The van der Waals surface area contributed by atoms with E-state index in [0.717, 1.165) is 5.56 Å². The third kappa shape index (κ3) is 4.02. The Bertz CT molecular complexity index is 965. The molecule has 0 saturated carbocycles. The maximum atomic E-state index is 14.0. The van der Waals surface area contributed by atoms with Gasteiger partial charge in [0.2, 0.25) is 0 Å². The van der Waals surface area contributed by atoms with Crippen LogP contribution < -0.4 is 4.90 Å². The molecule has 0 radical (unpaired) electrons. The molecule has 0 aliphatic carbocycles. The zero-order chi connectivity index (χ0) is 19.5. The van der Waals surface area contributed by atoms with Gasteiger partial charge in [0.05, 0.1) is 23.5 Å². The van der Waals surface area contributed by atoms with Crippen molar-refractivity contribution in [2.75, 3.05) is 31.1 Å². The molecule has 2 aromatic carbocycles. The van der Waals surface area contributed by atoms with Gasteiger partial charge in [-0.1, -0.05) is 35.9 Å². The Hall–Kier alpha value is -2.86. The zero-order valence-electron chi connectivity index (χ0n) is 15.3. The maximum Gasteiger partial charge on any atom is 0.253 e. The van der Waals surface area contributed by atoms with Gasteiger partial charge in [-0.2, -0.15) is 5.10 Å². The average molecular weight is 399 g/mol. The lowest BCUT2D eigenvalue weighted by Crippen LogP contribution is -2.49. The molecule has 144 valence electrons. The summed E-state index contributed by atoms with van der Waals surface area (Å²) >= 11 is 5.88. The Balaban J connectivity index is 1.36. The highest BCUT2D eigenvalue weighted by molar-refractivity contribution is 6.30. The third-order valence-corrected chi connectivity index (χ3v) is 5.10. The van der Waals surface area contributed by atoms with Gasteiger partial charge in [0.15, 0.2) is 0 Å². The molecule has 4 rings (SSSR count). The first-order valence-electron chi connectivity index (χ1n) is 9.16. The number of carbonyl (C=O) groups excluding carboxylic acids is 1. The first-order chi connectivity index (χ1) is 13.6. The molecule has 1 aliphatic heterocycles. The summed E-state index contributed by atoms with van der Waals surface area (Å²) < 4.78 is 15.7. The number of rotatable bonds is 4. The lowest BCUT2D eigenvalue weighted by molar-refractivity contribution is 0.0746. The van der Waals surface area contributed by atoms with Crippen LogP contribution in [0.1, 0.15) is 15.9 Å². The minimum atomic E-state index is -0.226. The van der Waals surface area contributed by atoms with Gasteiger partial charge in [-0.15, -0.1) is 0 Å². The Labute approximate surface area is 167 Å². The van der Waals surface area contributed by atoms with E-state index in [4.69, 9.17) is 11.6 Å². The first kappa shape index (κ1) is 18.5. The Kier molecular flexibility index (Phi) is 5.30. The summed E-state index contributed by atoms with van der Waals surface area (Å²) in [5.74, 6) is -0.224. The molecule has 0 N–H and O–H groups in total. The van der Waals surface area contributed by atoms with E-state index in [1.807, 2.05) is 40.1 Å². The predicted molar refractivity (Wildman–Crippen MR) is 107 cm³/mol. The molecule has 1 saturated heterocycles. The van der Waals surface area contributed by atoms with Crippen molar-refractivity contribution < 1.29 is 9.18 Å². The molecule has 0 atom stereocenters. The van der Waals surface area contributed by atoms with Crippen LogP contribution in [0.5, 0.6) is 0 Å². The number of carbonyl (C=O) groups is 1. The molecule has 0 spiro atoms. The van der Waals surface area contributed by atoms with Crippen molar-refractivity contribution in [3.63, 3.8) is 0 Å². The number of hydrogen-bond donors (Lipinski definition) is 0. The summed E-state index contributed by atoms with van der Waals surface area (Å²) in [6.45, 7) is 2.97. The molecule has 7 heteroatoms. The van der Waals surface area contributed by atoms with Crippen molar-refractivity contribution in [3.05, 3.63) is 82.9 Å². The fourth-order valence-corrected chi connectivity index (χ4v) is 3.56. The summed E-state index contributed by atoms with van der Waals surface area (Å²) in [4.78, 5) is 16.6. The summed E-state index contributed by atoms with van der Waals surface area (Å²) in [6.07, 6.45) is 3.36. The van der Waals surface area contributed by atoms with E-state index in [9.17, 15) is 9.18 Å². The second-order valence-electron chi connectivity index (χ2n) is 6.78. The molecule has 1 fully saturated rings. The van der Waals surface area contributed by atoms with Crippen LogP contribution in [0.25, 0.3) is 0 Å². The predicted octanol–water partition coefficient (Wildman–Crippen LogP) is 3.69. The number of amides is 1. The van der Waals surface area contributed by atoms with Gasteiger partial charge < -0.3 is 9.80 Å². The number of halogens is 2. The summed E-state index contributed by atoms with van der Waals surface area (Å²) in [6, 6.07) is 14.3. The van der Waals surface area contributed by atoms with E-state index >= 15 is 0 Å². The number of nitrogens with zero attached hydrogens (tertiary/aromatic N) is 4. The largest absolute Gasteiger partial charge is 0.366 e. The van der Waals surface area contributed by atoms with Crippen molar-refractivity contribution in [2.45, 2.75) is 6.54 Å². The minimum absolute atomic E-state index is 0.00173. The Morgan fingerprint density at radius 3 is 2.39 bits per heavy atom. The van der Waals surface area contributed by atoms with Crippen molar-refractivity contribution >= 4 is 23.2 Å². The van der Waals surface area contributed by atoms with Crippen LogP contribution >= 0.6 is 11.6 Å². The molecular formula is C21H20ClFN4O. The van der Waals surface area contributed by atoms with Gasteiger partial charge in [-0.25, -0.2) is 4.39 Å². The molecule has 1 amide bonds. The van der Waals surface area contributed by atoms with Crippen molar-refractivity contribution in [3.8, 4) is 0 Å². The first-order valence-corrected chi connectivity index (χ1v) is 9.53. The van der Waals surface area contributed by atoms with Crippen LogP contribution in [0, 0.1) is 5.82 Å². The summed E-state index contributed by atoms with van der Waals surface area (Å²) in [5.41, 5.74) is 2.29. The van der Waals surface area contributed by atoms with Gasteiger partial charge in [0.25, 0.3) is 5.91 Å². The van der Waals surface area contributed by atoms with Crippen LogP contribution in [-0.4, -0.2) is 46.8 Å². The van der Waals surface area contributed by atoms with E-state index in [1.54, 1.807) is 29.2 Å². The van der Waals surface area contributed by atoms with Gasteiger partial charge >= 0.3 is 0 Å². The molecular weight excluding hydrogens is 379 g/mol. The van der Waals surface area contributed by atoms with E-state index in [0.29, 0.717) is 49.0 Å². The monoisotopic (exact) mass is 398 g/mol. The molecule has 28 heavy (non-hydrogen) atoms. The smallest absolute Gasteiger partial charge is 0.253 e. The molecule has 1 aromatic heterocycles. The Morgan fingerprint density at radius 2 is 1.75 bits per heavy atom. The second kappa shape index (κ2) is 8.02. The summed E-state index contributed by atoms with van der Waals surface area (Å²) in [5, 5.41) is 4.76. The fourth-order valence-electron chi connectivity index (χ4n) is 3.41. The highest BCUT2D eigenvalue weighted by Crippen LogP contribution is 2.21. The number of piperazine rings is 1.